The first-order valence-electron chi connectivity index (χ1n) is 17.3. The molecular formula is C38H57NO5. The molecule has 6 heteroatoms. The standard InChI is InChI=1S/C38H57NO5/c1-4-6-8-10-12-14-16-18-20-22-37(40)43-34-27-25-33(26-28-34)39-31-32-24-29-35(36(30-32)42-3)44-38(41)23-21-19-17-15-13-11-9-7-5-2/h24-31H,4-23H2,1-3H3. The second-order valence-electron chi connectivity index (χ2n) is 11.8. The Morgan fingerprint density at radius 1 is 0.591 bits per heavy atom. The number of carbonyl (C=O) groups excluding carboxylic acids is 2. The molecule has 0 unspecified atom stereocenters. The van der Waals surface area contributed by atoms with E-state index in [4.69, 9.17) is 14.2 Å². The molecule has 2 aromatic rings. The van der Waals surface area contributed by atoms with E-state index in [1.54, 1.807) is 37.6 Å². The molecule has 0 heterocycles. The molecule has 0 radical (unpaired) electrons. The number of aliphatic imine (C=N–C) groups is 1. The molecule has 0 bridgehead atoms. The fourth-order valence-electron chi connectivity index (χ4n) is 5.11. The lowest BCUT2D eigenvalue weighted by Crippen LogP contribution is -2.08. The first-order chi connectivity index (χ1) is 21.5. The predicted octanol–water partition coefficient (Wildman–Crippen LogP) is 11.1. The summed E-state index contributed by atoms with van der Waals surface area (Å²) < 4.78 is 16.5. The monoisotopic (exact) mass is 607 g/mol. The number of esters is 2. The minimum absolute atomic E-state index is 0.190. The lowest BCUT2D eigenvalue weighted by atomic mass is 10.1. The highest BCUT2D eigenvalue weighted by Gasteiger charge is 2.11. The molecule has 0 spiro atoms. The minimum atomic E-state index is -0.235. The van der Waals surface area contributed by atoms with E-state index in [-0.39, 0.29) is 11.9 Å². The van der Waals surface area contributed by atoms with Crippen molar-refractivity contribution in [2.45, 2.75) is 142 Å². The van der Waals surface area contributed by atoms with E-state index < -0.39 is 0 Å². The molecule has 0 saturated carbocycles. The smallest absolute Gasteiger partial charge is 0.311 e. The van der Waals surface area contributed by atoms with Crippen molar-refractivity contribution in [3.05, 3.63) is 48.0 Å². The number of hydrogen-bond acceptors (Lipinski definition) is 6. The quantitative estimate of drug-likeness (QED) is 0.0486. The van der Waals surface area contributed by atoms with Crippen molar-refractivity contribution in [1.29, 1.82) is 0 Å². The summed E-state index contributed by atoms with van der Waals surface area (Å²) in [5, 5.41) is 0. The van der Waals surface area contributed by atoms with Crippen LogP contribution in [-0.4, -0.2) is 25.3 Å². The summed E-state index contributed by atoms with van der Waals surface area (Å²) in [5.41, 5.74) is 1.55. The largest absolute Gasteiger partial charge is 0.493 e. The van der Waals surface area contributed by atoms with Crippen molar-refractivity contribution in [3.8, 4) is 17.2 Å². The van der Waals surface area contributed by atoms with Crippen LogP contribution in [0.25, 0.3) is 0 Å². The van der Waals surface area contributed by atoms with Gasteiger partial charge in [-0.15, -0.1) is 0 Å². The van der Waals surface area contributed by atoms with Gasteiger partial charge in [0.15, 0.2) is 11.5 Å². The van der Waals surface area contributed by atoms with Gasteiger partial charge in [-0.1, -0.05) is 117 Å². The van der Waals surface area contributed by atoms with Crippen LogP contribution in [0.3, 0.4) is 0 Å². The van der Waals surface area contributed by atoms with E-state index in [0.717, 1.165) is 36.9 Å². The molecule has 6 nitrogen and oxygen atoms in total. The third-order valence-corrected chi connectivity index (χ3v) is 7.81. The Labute approximate surface area is 267 Å². The third kappa shape index (κ3) is 17.2. The summed E-state index contributed by atoms with van der Waals surface area (Å²) in [5.74, 6) is 1.01. The second kappa shape index (κ2) is 24.2. The van der Waals surface area contributed by atoms with Gasteiger partial charge in [-0.2, -0.15) is 0 Å². The maximum Gasteiger partial charge on any atom is 0.311 e. The van der Waals surface area contributed by atoms with Crippen molar-refractivity contribution in [2.24, 2.45) is 4.99 Å². The van der Waals surface area contributed by atoms with Gasteiger partial charge >= 0.3 is 11.9 Å². The Balaban J connectivity index is 1.69. The molecule has 0 atom stereocenters. The summed E-state index contributed by atoms with van der Waals surface area (Å²) in [6.45, 7) is 4.47. The summed E-state index contributed by atoms with van der Waals surface area (Å²) >= 11 is 0. The number of unbranched alkanes of at least 4 members (excludes halogenated alkanes) is 16. The topological polar surface area (TPSA) is 74.2 Å². The highest BCUT2D eigenvalue weighted by Crippen LogP contribution is 2.29. The second-order valence-corrected chi connectivity index (χ2v) is 11.8. The van der Waals surface area contributed by atoms with Crippen LogP contribution < -0.4 is 14.2 Å². The van der Waals surface area contributed by atoms with Crippen LogP contribution in [0, 0.1) is 0 Å². The lowest BCUT2D eigenvalue weighted by Gasteiger charge is -2.10. The number of nitrogens with zero attached hydrogens (tertiary/aromatic N) is 1. The molecule has 0 fully saturated rings. The van der Waals surface area contributed by atoms with Gasteiger partial charge in [0.05, 0.1) is 12.8 Å². The molecule has 244 valence electrons. The number of carbonyl (C=O) groups is 2. The molecule has 0 amide bonds. The lowest BCUT2D eigenvalue weighted by molar-refractivity contribution is -0.135. The maximum atomic E-state index is 12.4. The molecule has 0 aliphatic carbocycles. The zero-order chi connectivity index (χ0) is 31.7. The average molecular weight is 608 g/mol. The number of methoxy groups -OCH3 is 1. The average Bonchev–Trinajstić information content (AvgIpc) is 3.03. The minimum Gasteiger partial charge on any atom is -0.493 e. The van der Waals surface area contributed by atoms with E-state index in [1.807, 2.05) is 18.2 Å². The highest BCUT2D eigenvalue weighted by molar-refractivity contribution is 5.83. The fourth-order valence-corrected chi connectivity index (χ4v) is 5.11. The molecule has 2 aromatic carbocycles. The first-order valence-corrected chi connectivity index (χ1v) is 17.3. The van der Waals surface area contributed by atoms with Gasteiger partial charge in [0.1, 0.15) is 5.75 Å². The highest BCUT2D eigenvalue weighted by atomic mass is 16.6. The zero-order valence-electron chi connectivity index (χ0n) is 27.7. The van der Waals surface area contributed by atoms with Crippen LogP contribution >= 0.6 is 0 Å². The van der Waals surface area contributed by atoms with Crippen LogP contribution in [0.2, 0.25) is 0 Å². The zero-order valence-corrected chi connectivity index (χ0v) is 27.7. The molecule has 0 saturated heterocycles. The summed E-state index contributed by atoms with van der Waals surface area (Å²) in [4.78, 5) is 29.1. The van der Waals surface area contributed by atoms with Crippen LogP contribution in [0.15, 0.2) is 47.5 Å². The normalized spacial score (nSPS) is 11.2. The summed E-state index contributed by atoms with van der Waals surface area (Å²) in [6.07, 6.45) is 24.4. The molecular weight excluding hydrogens is 550 g/mol. The van der Waals surface area contributed by atoms with Gasteiger partial charge in [-0.25, -0.2) is 0 Å². The Kier molecular flexibility index (Phi) is 20.4. The van der Waals surface area contributed by atoms with Crippen LogP contribution in [0.1, 0.15) is 148 Å². The van der Waals surface area contributed by atoms with Gasteiger partial charge in [0.2, 0.25) is 0 Å². The summed E-state index contributed by atoms with van der Waals surface area (Å²) in [6, 6.07) is 12.5. The van der Waals surface area contributed by atoms with Crippen molar-refractivity contribution in [3.63, 3.8) is 0 Å². The summed E-state index contributed by atoms with van der Waals surface area (Å²) in [7, 11) is 1.56. The van der Waals surface area contributed by atoms with E-state index in [9.17, 15) is 9.59 Å². The van der Waals surface area contributed by atoms with Crippen molar-refractivity contribution in [1.82, 2.24) is 0 Å². The van der Waals surface area contributed by atoms with Crippen LogP contribution in [0.5, 0.6) is 17.2 Å². The number of benzene rings is 2. The van der Waals surface area contributed by atoms with E-state index in [0.29, 0.717) is 30.1 Å². The number of rotatable bonds is 25. The van der Waals surface area contributed by atoms with Crippen molar-refractivity contribution >= 4 is 23.8 Å². The molecule has 2 rings (SSSR count). The third-order valence-electron chi connectivity index (χ3n) is 7.81. The Bertz CT molecular complexity index is 1080. The Hall–Kier alpha value is -3.15. The molecule has 0 aliphatic rings. The van der Waals surface area contributed by atoms with Gasteiger partial charge in [-0.05, 0) is 60.9 Å². The maximum absolute atomic E-state index is 12.4. The predicted molar refractivity (Wildman–Crippen MR) is 182 cm³/mol. The van der Waals surface area contributed by atoms with Gasteiger partial charge in [-0.3, -0.25) is 14.6 Å². The number of hydrogen-bond donors (Lipinski definition) is 0. The number of ether oxygens (including phenoxy) is 3. The molecule has 44 heavy (non-hydrogen) atoms. The van der Waals surface area contributed by atoms with E-state index >= 15 is 0 Å². The first kappa shape index (κ1) is 37.0. The van der Waals surface area contributed by atoms with E-state index in [2.05, 4.69) is 18.8 Å². The van der Waals surface area contributed by atoms with Gasteiger partial charge in [0.25, 0.3) is 0 Å². The van der Waals surface area contributed by atoms with Gasteiger partial charge < -0.3 is 14.2 Å². The fraction of sp³-hybridized carbons (Fsp3) is 0.605. The Morgan fingerprint density at radius 3 is 1.57 bits per heavy atom. The van der Waals surface area contributed by atoms with Crippen LogP contribution in [0.4, 0.5) is 5.69 Å². The molecule has 0 N–H and O–H groups in total. The van der Waals surface area contributed by atoms with E-state index in [1.165, 1.54) is 89.9 Å². The molecule has 0 aliphatic heterocycles. The van der Waals surface area contributed by atoms with Crippen molar-refractivity contribution in [2.75, 3.05) is 7.11 Å². The Morgan fingerprint density at radius 2 is 1.07 bits per heavy atom. The van der Waals surface area contributed by atoms with Gasteiger partial charge in [0, 0.05) is 19.1 Å². The van der Waals surface area contributed by atoms with Crippen molar-refractivity contribution < 1.29 is 23.8 Å². The molecule has 0 aromatic heterocycles. The SMILES string of the molecule is CCCCCCCCCCCC(=O)Oc1ccc(N=Cc2ccc(OC(=O)CCCCCCCCCCC)c(OC)c2)cc1. The van der Waals surface area contributed by atoms with Crippen LogP contribution in [-0.2, 0) is 9.59 Å².